The van der Waals surface area contributed by atoms with Crippen molar-refractivity contribution in [1.29, 1.82) is 0 Å². The Morgan fingerprint density at radius 1 is 1.00 bits per heavy atom. The van der Waals surface area contributed by atoms with Gasteiger partial charge >= 0.3 is 0 Å². The molecule has 21 heavy (non-hydrogen) atoms. The molecule has 0 aromatic heterocycles. The van der Waals surface area contributed by atoms with Crippen molar-refractivity contribution in [3.63, 3.8) is 0 Å². The molecule has 3 unspecified atom stereocenters. The third kappa shape index (κ3) is 2.15. The van der Waals surface area contributed by atoms with Crippen LogP contribution >= 0.6 is 0 Å². The number of carbonyl (C=O) groups is 1. The molecule has 0 aromatic carbocycles. The molecule has 4 aliphatic rings. The zero-order valence-electron chi connectivity index (χ0n) is 13.4. The lowest BCUT2D eigenvalue weighted by atomic mass is 9.96. The number of hydrogen-bond acceptors (Lipinski definition) is 2. The minimum Gasteiger partial charge on any atom is -0.322 e. The van der Waals surface area contributed by atoms with Gasteiger partial charge in [0, 0.05) is 6.04 Å². The summed E-state index contributed by atoms with van der Waals surface area (Å²) in [6.07, 6.45) is 14.2. The number of hydrogen-bond donors (Lipinski definition) is 1. The molecule has 3 saturated carbocycles. The highest BCUT2D eigenvalue weighted by Gasteiger charge is 2.56. The molecular formula is C18H30N2O. The second kappa shape index (κ2) is 5.26. The van der Waals surface area contributed by atoms with Crippen LogP contribution in [0.1, 0.15) is 77.6 Å². The highest BCUT2D eigenvalue weighted by Crippen LogP contribution is 2.44. The Labute approximate surface area is 128 Å². The van der Waals surface area contributed by atoms with Crippen LogP contribution in [-0.4, -0.2) is 28.6 Å². The second-order valence-electron chi connectivity index (χ2n) is 8.11. The van der Waals surface area contributed by atoms with Gasteiger partial charge in [-0.25, -0.2) is 0 Å². The Morgan fingerprint density at radius 2 is 1.71 bits per heavy atom. The molecule has 0 aromatic rings. The summed E-state index contributed by atoms with van der Waals surface area (Å²) in [4.78, 5) is 15.7. The SMILES string of the molecule is CC1CCCC1N1C(=O)C2(CCCC2)NC1C1CCCC1. The monoisotopic (exact) mass is 290 g/mol. The van der Waals surface area contributed by atoms with Crippen LogP contribution in [0.15, 0.2) is 0 Å². The van der Waals surface area contributed by atoms with Gasteiger partial charge in [-0.3, -0.25) is 10.1 Å². The Hall–Kier alpha value is -0.570. The maximum Gasteiger partial charge on any atom is 0.244 e. The first-order valence-electron chi connectivity index (χ1n) is 9.32. The van der Waals surface area contributed by atoms with Gasteiger partial charge in [0.05, 0.1) is 11.7 Å². The van der Waals surface area contributed by atoms with Gasteiger partial charge in [-0.15, -0.1) is 0 Å². The molecule has 3 atom stereocenters. The van der Waals surface area contributed by atoms with Crippen molar-refractivity contribution in [2.45, 2.75) is 95.3 Å². The third-order valence-corrected chi connectivity index (χ3v) is 6.84. The molecule has 1 amide bonds. The van der Waals surface area contributed by atoms with Crippen molar-refractivity contribution in [1.82, 2.24) is 10.2 Å². The number of nitrogens with one attached hydrogen (secondary N) is 1. The number of carbonyl (C=O) groups excluding carboxylic acids is 1. The van der Waals surface area contributed by atoms with E-state index in [-0.39, 0.29) is 5.54 Å². The van der Waals surface area contributed by atoms with E-state index in [1.54, 1.807) is 0 Å². The van der Waals surface area contributed by atoms with Crippen LogP contribution in [0.5, 0.6) is 0 Å². The molecule has 3 heteroatoms. The van der Waals surface area contributed by atoms with E-state index in [0.717, 1.165) is 12.8 Å². The van der Waals surface area contributed by atoms with Gasteiger partial charge in [0.2, 0.25) is 5.91 Å². The summed E-state index contributed by atoms with van der Waals surface area (Å²) >= 11 is 0. The first kappa shape index (κ1) is 14.0. The predicted octanol–water partition coefficient (Wildman–Crippen LogP) is 3.44. The lowest BCUT2D eigenvalue weighted by Gasteiger charge is -2.36. The molecule has 1 spiro atoms. The number of amides is 1. The van der Waals surface area contributed by atoms with Crippen LogP contribution < -0.4 is 5.32 Å². The summed E-state index contributed by atoms with van der Waals surface area (Å²) in [6.45, 7) is 2.36. The summed E-state index contributed by atoms with van der Waals surface area (Å²) in [5.41, 5.74) is -0.171. The minimum atomic E-state index is -0.171. The van der Waals surface area contributed by atoms with E-state index in [0.29, 0.717) is 30.0 Å². The van der Waals surface area contributed by atoms with E-state index in [2.05, 4.69) is 17.1 Å². The van der Waals surface area contributed by atoms with E-state index in [1.165, 1.54) is 57.8 Å². The molecule has 1 aliphatic heterocycles. The molecule has 3 nitrogen and oxygen atoms in total. The second-order valence-corrected chi connectivity index (χ2v) is 8.11. The fourth-order valence-corrected chi connectivity index (χ4v) is 5.64. The zero-order valence-corrected chi connectivity index (χ0v) is 13.4. The fraction of sp³-hybridized carbons (Fsp3) is 0.944. The average molecular weight is 290 g/mol. The van der Waals surface area contributed by atoms with Gasteiger partial charge in [0.1, 0.15) is 0 Å². The first-order valence-corrected chi connectivity index (χ1v) is 9.32. The molecule has 0 radical (unpaired) electrons. The average Bonchev–Trinajstić information content (AvgIpc) is 3.22. The predicted molar refractivity (Wildman–Crippen MR) is 83.7 cm³/mol. The topological polar surface area (TPSA) is 32.3 Å². The standard InChI is InChI=1S/C18H30N2O/c1-13-7-6-10-15(13)20-16(14-8-2-3-9-14)19-18(17(20)21)11-4-5-12-18/h13-16,19H,2-12H2,1H3. The van der Waals surface area contributed by atoms with Crippen molar-refractivity contribution in [2.24, 2.45) is 11.8 Å². The van der Waals surface area contributed by atoms with Crippen molar-refractivity contribution >= 4 is 5.91 Å². The van der Waals surface area contributed by atoms with Crippen LogP contribution in [0.4, 0.5) is 0 Å². The summed E-state index contributed by atoms with van der Waals surface area (Å²) in [5, 5.41) is 3.88. The molecule has 1 saturated heterocycles. The number of rotatable bonds is 2. The molecule has 1 N–H and O–H groups in total. The van der Waals surface area contributed by atoms with Crippen LogP contribution in [0, 0.1) is 11.8 Å². The normalized spacial score (nSPS) is 40.0. The fourth-order valence-electron chi connectivity index (χ4n) is 5.64. The van der Waals surface area contributed by atoms with E-state index in [1.807, 2.05) is 0 Å². The van der Waals surface area contributed by atoms with Gasteiger partial charge in [-0.2, -0.15) is 0 Å². The van der Waals surface area contributed by atoms with E-state index >= 15 is 0 Å². The molecule has 1 heterocycles. The Bertz CT molecular complexity index is 409. The van der Waals surface area contributed by atoms with Gasteiger partial charge in [0.25, 0.3) is 0 Å². The van der Waals surface area contributed by atoms with E-state index in [9.17, 15) is 4.79 Å². The van der Waals surface area contributed by atoms with Crippen molar-refractivity contribution in [3.8, 4) is 0 Å². The smallest absolute Gasteiger partial charge is 0.244 e. The van der Waals surface area contributed by atoms with Crippen molar-refractivity contribution in [2.75, 3.05) is 0 Å². The lowest BCUT2D eigenvalue weighted by molar-refractivity contribution is -0.136. The maximum atomic E-state index is 13.3. The Kier molecular flexibility index (Phi) is 3.52. The number of nitrogens with zero attached hydrogens (tertiary/aromatic N) is 1. The van der Waals surface area contributed by atoms with Gasteiger partial charge in [0.15, 0.2) is 0 Å². The molecule has 3 aliphatic carbocycles. The molecular weight excluding hydrogens is 260 g/mol. The van der Waals surface area contributed by atoms with Gasteiger partial charge in [-0.05, 0) is 50.4 Å². The van der Waals surface area contributed by atoms with E-state index in [4.69, 9.17) is 0 Å². The molecule has 118 valence electrons. The summed E-state index contributed by atoms with van der Waals surface area (Å²) in [6, 6.07) is 0.510. The molecule has 4 fully saturated rings. The van der Waals surface area contributed by atoms with Crippen LogP contribution in [-0.2, 0) is 4.79 Å². The van der Waals surface area contributed by atoms with E-state index < -0.39 is 0 Å². The van der Waals surface area contributed by atoms with Crippen LogP contribution in [0.25, 0.3) is 0 Å². The summed E-state index contributed by atoms with van der Waals surface area (Å²) in [5.74, 6) is 1.87. The van der Waals surface area contributed by atoms with Crippen LogP contribution in [0.2, 0.25) is 0 Å². The third-order valence-electron chi connectivity index (χ3n) is 6.84. The minimum absolute atomic E-state index is 0.171. The Morgan fingerprint density at radius 3 is 2.33 bits per heavy atom. The zero-order chi connectivity index (χ0) is 14.4. The highest BCUT2D eigenvalue weighted by atomic mass is 16.2. The molecule has 4 rings (SSSR count). The lowest BCUT2D eigenvalue weighted by Crippen LogP contribution is -2.49. The Balaban J connectivity index is 1.64. The first-order chi connectivity index (χ1) is 10.2. The van der Waals surface area contributed by atoms with Crippen molar-refractivity contribution < 1.29 is 4.79 Å². The van der Waals surface area contributed by atoms with Crippen molar-refractivity contribution in [3.05, 3.63) is 0 Å². The van der Waals surface area contributed by atoms with Gasteiger partial charge in [-0.1, -0.05) is 39.0 Å². The quantitative estimate of drug-likeness (QED) is 0.845. The van der Waals surface area contributed by atoms with Gasteiger partial charge < -0.3 is 4.90 Å². The summed E-state index contributed by atoms with van der Waals surface area (Å²) < 4.78 is 0. The largest absolute Gasteiger partial charge is 0.322 e. The van der Waals surface area contributed by atoms with Crippen LogP contribution in [0.3, 0.4) is 0 Å². The summed E-state index contributed by atoms with van der Waals surface area (Å²) in [7, 11) is 0. The molecule has 0 bridgehead atoms. The highest BCUT2D eigenvalue weighted by molar-refractivity contribution is 5.89. The maximum absolute atomic E-state index is 13.3.